The largest absolute Gasteiger partial charge is 0.392 e. The summed E-state index contributed by atoms with van der Waals surface area (Å²) >= 11 is 3.58. The van der Waals surface area contributed by atoms with Crippen molar-refractivity contribution in [2.75, 3.05) is 13.1 Å². The summed E-state index contributed by atoms with van der Waals surface area (Å²) in [5.74, 6) is 0.612. The SMILES string of the molecule is OCc1ccc(C2CCCNC2)c(Br)c1. The van der Waals surface area contributed by atoms with E-state index in [0.29, 0.717) is 5.92 Å². The molecular formula is C12H16BrNO. The Morgan fingerprint density at radius 3 is 2.93 bits per heavy atom. The predicted octanol–water partition coefficient (Wildman–Crippen LogP) is 2.41. The highest BCUT2D eigenvalue weighted by Gasteiger charge is 2.17. The number of nitrogens with one attached hydrogen (secondary N) is 1. The highest BCUT2D eigenvalue weighted by Crippen LogP contribution is 2.30. The van der Waals surface area contributed by atoms with E-state index in [9.17, 15) is 0 Å². The summed E-state index contributed by atoms with van der Waals surface area (Å²) in [6, 6.07) is 6.16. The second-order valence-corrected chi connectivity index (χ2v) is 4.91. The van der Waals surface area contributed by atoms with Gasteiger partial charge >= 0.3 is 0 Å². The van der Waals surface area contributed by atoms with Crippen LogP contribution in [0.2, 0.25) is 0 Å². The van der Waals surface area contributed by atoms with Crippen molar-refractivity contribution in [1.29, 1.82) is 0 Å². The van der Waals surface area contributed by atoms with Gasteiger partial charge in [0.1, 0.15) is 0 Å². The molecule has 1 aliphatic rings. The van der Waals surface area contributed by atoms with Gasteiger partial charge in [0, 0.05) is 11.0 Å². The quantitative estimate of drug-likeness (QED) is 0.865. The molecule has 2 rings (SSSR count). The summed E-state index contributed by atoms with van der Waals surface area (Å²) in [4.78, 5) is 0. The fourth-order valence-electron chi connectivity index (χ4n) is 2.12. The molecule has 1 heterocycles. The fraction of sp³-hybridized carbons (Fsp3) is 0.500. The lowest BCUT2D eigenvalue weighted by Crippen LogP contribution is -2.28. The maximum Gasteiger partial charge on any atom is 0.0682 e. The predicted molar refractivity (Wildman–Crippen MR) is 64.9 cm³/mol. The molecule has 1 aromatic carbocycles. The third kappa shape index (κ3) is 2.60. The number of halogens is 1. The van der Waals surface area contributed by atoms with Crippen LogP contribution in [-0.2, 0) is 6.61 Å². The Kier molecular flexibility index (Phi) is 3.78. The normalized spacial score (nSPS) is 21.6. The van der Waals surface area contributed by atoms with Gasteiger partial charge < -0.3 is 10.4 Å². The molecule has 0 aromatic heterocycles. The Hall–Kier alpha value is -0.380. The highest BCUT2D eigenvalue weighted by atomic mass is 79.9. The first-order valence-electron chi connectivity index (χ1n) is 5.41. The zero-order valence-electron chi connectivity index (χ0n) is 8.67. The van der Waals surface area contributed by atoms with Crippen molar-refractivity contribution >= 4 is 15.9 Å². The van der Waals surface area contributed by atoms with Gasteiger partial charge in [0.25, 0.3) is 0 Å². The molecule has 1 unspecified atom stereocenters. The summed E-state index contributed by atoms with van der Waals surface area (Å²) in [5.41, 5.74) is 2.33. The van der Waals surface area contributed by atoms with Crippen LogP contribution in [0.15, 0.2) is 22.7 Å². The molecule has 0 bridgehead atoms. The van der Waals surface area contributed by atoms with Crippen LogP contribution in [0.5, 0.6) is 0 Å². The molecule has 1 fully saturated rings. The Bertz CT molecular complexity index is 334. The van der Waals surface area contributed by atoms with Crippen LogP contribution in [0.4, 0.5) is 0 Å². The Balaban J connectivity index is 2.19. The van der Waals surface area contributed by atoms with E-state index in [-0.39, 0.29) is 6.61 Å². The van der Waals surface area contributed by atoms with Gasteiger partial charge in [-0.3, -0.25) is 0 Å². The second kappa shape index (κ2) is 5.10. The first-order chi connectivity index (χ1) is 7.31. The van der Waals surface area contributed by atoms with Gasteiger partial charge in [0.2, 0.25) is 0 Å². The zero-order valence-corrected chi connectivity index (χ0v) is 10.3. The molecule has 0 aliphatic carbocycles. The third-order valence-corrected chi connectivity index (χ3v) is 3.67. The van der Waals surface area contributed by atoms with Crippen molar-refractivity contribution < 1.29 is 5.11 Å². The summed E-state index contributed by atoms with van der Waals surface area (Å²) in [5, 5.41) is 12.4. The van der Waals surface area contributed by atoms with Crippen molar-refractivity contribution in [2.24, 2.45) is 0 Å². The van der Waals surface area contributed by atoms with Gasteiger partial charge in [-0.2, -0.15) is 0 Å². The zero-order chi connectivity index (χ0) is 10.7. The minimum absolute atomic E-state index is 0.113. The highest BCUT2D eigenvalue weighted by molar-refractivity contribution is 9.10. The van der Waals surface area contributed by atoms with Gasteiger partial charge in [-0.15, -0.1) is 0 Å². The average Bonchev–Trinajstić information content (AvgIpc) is 2.30. The van der Waals surface area contributed by atoms with Gasteiger partial charge in [-0.1, -0.05) is 28.1 Å². The van der Waals surface area contributed by atoms with E-state index >= 15 is 0 Å². The van der Waals surface area contributed by atoms with Crippen molar-refractivity contribution in [2.45, 2.75) is 25.4 Å². The molecule has 82 valence electrons. The van der Waals surface area contributed by atoms with E-state index in [4.69, 9.17) is 5.11 Å². The van der Waals surface area contributed by atoms with Crippen LogP contribution in [-0.4, -0.2) is 18.2 Å². The molecular weight excluding hydrogens is 254 g/mol. The maximum absolute atomic E-state index is 9.03. The first kappa shape index (κ1) is 11.1. The van der Waals surface area contributed by atoms with Gasteiger partial charge in [0.05, 0.1) is 6.61 Å². The molecule has 3 heteroatoms. The minimum atomic E-state index is 0.113. The van der Waals surface area contributed by atoms with E-state index in [2.05, 4.69) is 27.3 Å². The van der Waals surface area contributed by atoms with E-state index in [0.717, 1.165) is 23.1 Å². The van der Waals surface area contributed by atoms with E-state index in [1.54, 1.807) is 0 Å². The van der Waals surface area contributed by atoms with Crippen molar-refractivity contribution in [3.05, 3.63) is 33.8 Å². The number of rotatable bonds is 2. The molecule has 2 nitrogen and oxygen atoms in total. The number of hydrogen-bond acceptors (Lipinski definition) is 2. The lowest BCUT2D eigenvalue weighted by molar-refractivity contribution is 0.281. The van der Waals surface area contributed by atoms with Gasteiger partial charge in [0.15, 0.2) is 0 Å². The molecule has 0 saturated carbocycles. The number of hydrogen-bond donors (Lipinski definition) is 2. The molecule has 2 N–H and O–H groups in total. The molecule has 0 radical (unpaired) electrons. The summed E-state index contributed by atoms with van der Waals surface area (Å²) < 4.78 is 1.13. The van der Waals surface area contributed by atoms with E-state index < -0.39 is 0 Å². The minimum Gasteiger partial charge on any atom is -0.392 e. The number of benzene rings is 1. The molecule has 1 saturated heterocycles. The first-order valence-corrected chi connectivity index (χ1v) is 6.20. The van der Waals surface area contributed by atoms with Crippen LogP contribution in [0.25, 0.3) is 0 Å². The summed E-state index contributed by atoms with van der Waals surface area (Å²) in [6.07, 6.45) is 2.50. The van der Waals surface area contributed by atoms with E-state index in [1.165, 1.54) is 18.4 Å². The fourth-order valence-corrected chi connectivity index (χ4v) is 2.87. The molecule has 1 atom stereocenters. The smallest absolute Gasteiger partial charge is 0.0682 e. The Morgan fingerprint density at radius 1 is 1.47 bits per heavy atom. The number of piperidine rings is 1. The third-order valence-electron chi connectivity index (χ3n) is 2.98. The molecule has 0 spiro atoms. The van der Waals surface area contributed by atoms with E-state index in [1.807, 2.05) is 12.1 Å². The standard InChI is InChI=1S/C12H16BrNO/c13-12-6-9(8-15)3-4-11(12)10-2-1-5-14-7-10/h3-4,6,10,14-15H,1-2,5,7-8H2. The van der Waals surface area contributed by atoms with Crippen LogP contribution in [0, 0.1) is 0 Å². The Morgan fingerprint density at radius 2 is 2.33 bits per heavy atom. The number of aliphatic hydroxyl groups excluding tert-OH is 1. The van der Waals surface area contributed by atoms with Crippen LogP contribution >= 0.6 is 15.9 Å². The average molecular weight is 270 g/mol. The summed E-state index contributed by atoms with van der Waals surface area (Å²) in [7, 11) is 0. The van der Waals surface area contributed by atoms with Crippen molar-refractivity contribution in [1.82, 2.24) is 5.32 Å². The van der Waals surface area contributed by atoms with Gasteiger partial charge in [-0.25, -0.2) is 0 Å². The second-order valence-electron chi connectivity index (χ2n) is 4.06. The van der Waals surface area contributed by atoms with Crippen LogP contribution < -0.4 is 5.32 Å². The lowest BCUT2D eigenvalue weighted by Gasteiger charge is -2.24. The monoisotopic (exact) mass is 269 g/mol. The van der Waals surface area contributed by atoms with Crippen LogP contribution in [0.1, 0.15) is 29.9 Å². The number of aliphatic hydroxyl groups is 1. The van der Waals surface area contributed by atoms with Crippen LogP contribution in [0.3, 0.4) is 0 Å². The van der Waals surface area contributed by atoms with Crippen molar-refractivity contribution in [3.8, 4) is 0 Å². The topological polar surface area (TPSA) is 32.3 Å². The summed E-state index contributed by atoms with van der Waals surface area (Å²) in [6.45, 7) is 2.32. The van der Waals surface area contributed by atoms with Crippen molar-refractivity contribution in [3.63, 3.8) is 0 Å². The molecule has 15 heavy (non-hydrogen) atoms. The molecule has 1 aliphatic heterocycles. The molecule has 0 amide bonds. The lowest BCUT2D eigenvalue weighted by atomic mass is 9.91. The maximum atomic E-state index is 9.03. The molecule has 1 aromatic rings. The van der Waals surface area contributed by atoms with Gasteiger partial charge in [-0.05, 0) is 42.5 Å². The Labute approximate surface area is 98.8 Å².